The van der Waals surface area contributed by atoms with E-state index in [4.69, 9.17) is 0 Å². The molecule has 0 amide bonds. The van der Waals surface area contributed by atoms with Gasteiger partial charge in [0.2, 0.25) is 5.76 Å². The molecule has 0 aliphatic rings. The van der Waals surface area contributed by atoms with Gasteiger partial charge in [-0.15, -0.1) is 0 Å². The fraction of sp³-hybridized carbons (Fsp3) is 0.286. The minimum atomic E-state index is -0.953. The number of hydrogen-bond donors (Lipinski definition) is 0. The van der Waals surface area contributed by atoms with Crippen molar-refractivity contribution in [3.63, 3.8) is 0 Å². The molecule has 0 aliphatic carbocycles. The zero-order chi connectivity index (χ0) is 9.14. The number of nitrogens with zero attached hydrogens (tertiary/aromatic N) is 1. The van der Waals surface area contributed by atoms with E-state index in [2.05, 4.69) is 14.4 Å². The number of esters is 1. The van der Waals surface area contributed by atoms with Crippen LogP contribution < -0.4 is 0 Å². The van der Waals surface area contributed by atoms with Gasteiger partial charge in [-0.25, -0.2) is 4.79 Å². The highest BCUT2D eigenvalue weighted by atomic mass is 16.5. The molecule has 64 valence electrons. The van der Waals surface area contributed by atoms with Gasteiger partial charge in [-0.1, -0.05) is 5.16 Å². The van der Waals surface area contributed by atoms with E-state index in [1.807, 2.05) is 0 Å². The van der Waals surface area contributed by atoms with Gasteiger partial charge in [-0.2, -0.15) is 0 Å². The van der Waals surface area contributed by atoms with Crippen molar-refractivity contribution in [2.75, 3.05) is 7.11 Å². The van der Waals surface area contributed by atoms with Crippen LogP contribution in [0.5, 0.6) is 0 Å². The van der Waals surface area contributed by atoms with Crippen molar-refractivity contribution in [3.8, 4) is 0 Å². The predicted molar refractivity (Wildman–Crippen MR) is 37.6 cm³/mol. The Morgan fingerprint density at radius 1 is 1.58 bits per heavy atom. The third-order valence-corrected chi connectivity index (χ3v) is 1.22. The number of methoxy groups -OCH3 is 1. The molecule has 0 aliphatic heterocycles. The fourth-order valence-corrected chi connectivity index (χ4v) is 0.664. The molecule has 12 heavy (non-hydrogen) atoms. The van der Waals surface area contributed by atoms with Crippen LogP contribution in [0, 0.1) is 6.92 Å². The summed E-state index contributed by atoms with van der Waals surface area (Å²) in [4.78, 5) is 21.6. The molecular formula is C7H7NO4. The van der Waals surface area contributed by atoms with Crippen molar-refractivity contribution >= 4 is 11.8 Å². The molecule has 5 heteroatoms. The van der Waals surface area contributed by atoms with Gasteiger partial charge in [0.05, 0.1) is 12.8 Å². The number of ether oxygens (including phenoxy) is 1. The number of aryl methyl sites for hydroxylation is 1. The molecule has 0 aromatic carbocycles. The molecule has 0 fully saturated rings. The summed E-state index contributed by atoms with van der Waals surface area (Å²) in [5.41, 5.74) is 0.544. The van der Waals surface area contributed by atoms with Crippen LogP contribution in [0.1, 0.15) is 16.2 Å². The third kappa shape index (κ3) is 1.50. The second-order valence-electron chi connectivity index (χ2n) is 2.15. The maximum Gasteiger partial charge on any atom is 0.382 e. The number of ketones is 1. The second-order valence-corrected chi connectivity index (χ2v) is 2.15. The summed E-state index contributed by atoms with van der Waals surface area (Å²) in [6.07, 6.45) is 0. The first-order chi connectivity index (χ1) is 5.65. The molecule has 1 heterocycles. The molecule has 1 rings (SSSR count). The average Bonchev–Trinajstić information content (AvgIpc) is 2.49. The molecule has 5 nitrogen and oxygen atoms in total. The minimum Gasteiger partial charge on any atom is -0.463 e. The lowest BCUT2D eigenvalue weighted by atomic mass is 10.3. The largest absolute Gasteiger partial charge is 0.463 e. The molecule has 1 aromatic rings. The normalized spacial score (nSPS) is 9.50. The Kier molecular flexibility index (Phi) is 2.23. The van der Waals surface area contributed by atoms with Crippen LogP contribution in [-0.2, 0) is 9.53 Å². The van der Waals surface area contributed by atoms with Gasteiger partial charge in [-0.05, 0) is 6.92 Å². The standard InChI is InChI=1S/C7H7NO4/c1-4-3-5(12-8-4)6(9)7(10)11-2/h3H,1-2H3. The van der Waals surface area contributed by atoms with Crippen molar-refractivity contribution < 1.29 is 18.8 Å². The van der Waals surface area contributed by atoms with Crippen molar-refractivity contribution in [1.29, 1.82) is 0 Å². The molecular weight excluding hydrogens is 162 g/mol. The van der Waals surface area contributed by atoms with Crippen molar-refractivity contribution in [2.45, 2.75) is 6.92 Å². The van der Waals surface area contributed by atoms with Crippen LogP contribution in [0.15, 0.2) is 10.6 Å². The van der Waals surface area contributed by atoms with Gasteiger partial charge in [-0.3, -0.25) is 4.79 Å². The van der Waals surface area contributed by atoms with Crippen LogP contribution in [0.4, 0.5) is 0 Å². The summed E-state index contributed by atoms with van der Waals surface area (Å²) < 4.78 is 8.75. The van der Waals surface area contributed by atoms with E-state index in [0.29, 0.717) is 5.69 Å². The molecule has 0 N–H and O–H groups in total. The van der Waals surface area contributed by atoms with Crippen LogP contribution in [0.3, 0.4) is 0 Å². The summed E-state index contributed by atoms with van der Waals surface area (Å²) in [6.45, 7) is 1.65. The number of aromatic nitrogens is 1. The van der Waals surface area contributed by atoms with E-state index in [-0.39, 0.29) is 5.76 Å². The van der Waals surface area contributed by atoms with Gasteiger partial charge in [0.1, 0.15) is 0 Å². The summed E-state index contributed by atoms with van der Waals surface area (Å²) in [5.74, 6) is -1.87. The van der Waals surface area contributed by atoms with E-state index in [1.165, 1.54) is 6.07 Å². The van der Waals surface area contributed by atoms with Crippen LogP contribution in [0.2, 0.25) is 0 Å². The lowest BCUT2D eigenvalue weighted by Crippen LogP contribution is -2.14. The summed E-state index contributed by atoms with van der Waals surface area (Å²) >= 11 is 0. The van der Waals surface area contributed by atoms with E-state index < -0.39 is 11.8 Å². The number of hydrogen-bond acceptors (Lipinski definition) is 5. The molecule has 0 radical (unpaired) electrons. The topological polar surface area (TPSA) is 69.4 Å². The van der Waals surface area contributed by atoms with Crippen molar-refractivity contribution in [2.24, 2.45) is 0 Å². The fourth-order valence-electron chi connectivity index (χ4n) is 0.664. The Morgan fingerprint density at radius 2 is 2.25 bits per heavy atom. The first-order valence-corrected chi connectivity index (χ1v) is 3.21. The summed E-state index contributed by atoms with van der Waals surface area (Å²) in [7, 11) is 1.13. The number of Topliss-reactive ketones (excluding diaryl/α,β-unsaturated/α-hetero) is 1. The predicted octanol–water partition coefficient (Wildman–Crippen LogP) is 0.339. The zero-order valence-corrected chi connectivity index (χ0v) is 6.66. The monoisotopic (exact) mass is 169 g/mol. The van der Waals surface area contributed by atoms with Gasteiger partial charge < -0.3 is 9.26 Å². The summed E-state index contributed by atoms with van der Waals surface area (Å²) in [6, 6.07) is 1.37. The SMILES string of the molecule is COC(=O)C(=O)c1cc(C)no1. The Balaban J connectivity index is 2.85. The maximum absolute atomic E-state index is 11.0. The smallest absolute Gasteiger partial charge is 0.382 e. The first kappa shape index (κ1) is 8.45. The molecule has 0 spiro atoms. The van der Waals surface area contributed by atoms with Crippen molar-refractivity contribution in [3.05, 3.63) is 17.5 Å². The Hall–Kier alpha value is -1.65. The van der Waals surface area contributed by atoms with Crippen LogP contribution in [-0.4, -0.2) is 24.0 Å². The highest BCUT2D eigenvalue weighted by molar-refractivity contribution is 6.39. The number of rotatable bonds is 2. The van der Waals surface area contributed by atoms with E-state index in [0.717, 1.165) is 7.11 Å². The van der Waals surface area contributed by atoms with Gasteiger partial charge >= 0.3 is 11.8 Å². The van der Waals surface area contributed by atoms with Gasteiger partial charge in [0, 0.05) is 6.07 Å². The molecule has 0 saturated heterocycles. The van der Waals surface area contributed by atoms with Gasteiger partial charge in [0.25, 0.3) is 0 Å². The maximum atomic E-state index is 11.0. The van der Waals surface area contributed by atoms with Crippen LogP contribution >= 0.6 is 0 Å². The minimum absolute atomic E-state index is 0.0978. The van der Waals surface area contributed by atoms with E-state index in [1.54, 1.807) is 6.92 Å². The third-order valence-electron chi connectivity index (χ3n) is 1.22. The average molecular weight is 169 g/mol. The van der Waals surface area contributed by atoms with Crippen LogP contribution in [0.25, 0.3) is 0 Å². The molecule has 0 atom stereocenters. The first-order valence-electron chi connectivity index (χ1n) is 3.21. The molecule has 0 saturated carbocycles. The summed E-state index contributed by atoms with van der Waals surface area (Å²) in [5, 5.41) is 3.45. The highest BCUT2D eigenvalue weighted by Crippen LogP contribution is 2.03. The zero-order valence-electron chi connectivity index (χ0n) is 6.66. The molecule has 0 unspecified atom stereocenters. The van der Waals surface area contributed by atoms with E-state index >= 15 is 0 Å². The lowest BCUT2D eigenvalue weighted by molar-refractivity contribution is -0.135. The van der Waals surface area contributed by atoms with Crippen molar-refractivity contribution in [1.82, 2.24) is 5.16 Å². The number of carbonyl (C=O) groups excluding carboxylic acids is 2. The Labute approximate surface area is 68.3 Å². The lowest BCUT2D eigenvalue weighted by Gasteiger charge is -1.91. The van der Waals surface area contributed by atoms with E-state index in [9.17, 15) is 9.59 Å². The quantitative estimate of drug-likeness (QED) is 0.362. The Bertz CT molecular complexity index is 315. The van der Waals surface area contributed by atoms with Gasteiger partial charge in [0.15, 0.2) is 0 Å². The second kappa shape index (κ2) is 3.17. The molecule has 0 bridgehead atoms. The Morgan fingerprint density at radius 3 is 2.67 bits per heavy atom. The highest BCUT2D eigenvalue weighted by Gasteiger charge is 2.20. The number of carbonyl (C=O) groups is 2. The molecule has 1 aromatic heterocycles.